The minimum atomic E-state index is -4.67. The van der Waals surface area contributed by atoms with Crippen LogP contribution in [0.4, 0.5) is 18.9 Å². The summed E-state index contributed by atoms with van der Waals surface area (Å²) in [6.45, 7) is -5.23. The molecule has 6 atom stereocenters. The summed E-state index contributed by atoms with van der Waals surface area (Å²) in [5.74, 6) is -3.12. The molecule has 260 valence electrons. The predicted octanol–water partition coefficient (Wildman–Crippen LogP) is 0.988. The summed E-state index contributed by atoms with van der Waals surface area (Å²) in [5, 5.41) is 41.7. The number of anilines is 1. The van der Waals surface area contributed by atoms with Crippen LogP contribution in [0.15, 0.2) is 36.4 Å². The number of alkyl halides is 3. The topological polar surface area (TPSA) is 193 Å². The Hall–Kier alpha value is -3.67. The molecule has 1 saturated heterocycles. The number of carbonyl (C=O) groups is 2. The van der Waals surface area contributed by atoms with Crippen LogP contribution in [0.2, 0.25) is 0 Å². The van der Waals surface area contributed by atoms with Crippen molar-refractivity contribution in [1.29, 1.82) is 0 Å². The molecule has 0 saturated carbocycles. The average molecular weight is 676 g/mol. The number of ether oxygens (including phenoxy) is 4. The number of para-hydroxylation sites is 2. The molecule has 0 bridgehead atoms. The van der Waals surface area contributed by atoms with E-state index in [0.717, 1.165) is 17.7 Å². The third-order valence-electron chi connectivity index (χ3n) is 7.46. The molecule has 2 aliphatic heterocycles. The molecule has 2 aliphatic rings. The lowest BCUT2D eigenvalue weighted by molar-refractivity contribution is -0.294. The van der Waals surface area contributed by atoms with Crippen molar-refractivity contribution in [3.63, 3.8) is 0 Å². The van der Waals surface area contributed by atoms with E-state index in [2.05, 4.69) is 5.32 Å². The third kappa shape index (κ3) is 9.68. The summed E-state index contributed by atoms with van der Waals surface area (Å²) >= 11 is 0. The van der Waals surface area contributed by atoms with Gasteiger partial charge in [-0.3, -0.25) is 4.79 Å². The number of aliphatic carboxylic acids is 1. The Morgan fingerprint density at radius 3 is 2.51 bits per heavy atom. The number of carboxylic acids is 1. The Kier molecular flexibility index (Phi) is 10.4. The molecule has 0 unspecified atom stereocenters. The van der Waals surface area contributed by atoms with Crippen molar-refractivity contribution in [1.82, 2.24) is 5.32 Å². The summed E-state index contributed by atoms with van der Waals surface area (Å²) in [4.78, 5) is 25.8. The van der Waals surface area contributed by atoms with E-state index >= 15 is 0 Å². The smallest absolute Gasteiger partial charge is 0.422 e. The Morgan fingerprint density at radius 2 is 1.85 bits per heavy atom. The zero-order chi connectivity index (χ0) is 37.9. The minimum Gasteiger partial charge on any atom is -0.488 e. The molecule has 0 aliphatic carbocycles. The molecular weight excluding hydrogens is 631 g/mol. The van der Waals surface area contributed by atoms with Gasteiger partial charge in [0, 0.05) is 28.4 Å². The number of carbonyl (C=O) groups excluding carboxylic acids is 1. The number of benzene rings is 2. The number of hydrogen-bond donors (Lipinski definition) is 6. The SMILES string of the molecule is [2H]C([2H])(N[C@H](C)Cc1cc2c(c(C(N)=O)c1)N(CCCO[C@@H]1O[C@H](C(=O)O)[C@@H](O)[C@H](O)[C@H]1O)CC2)C([2H])([2H])Oc1ccccc1OCC(F)(F)F. The number of nitrogens with two attached hydrogens (primary N) is 1. The van der Waals surface area contributed by atoms with E-state index in [1.54, 1.807) is 13.0 Å². The van der Waals surface area contributed by atoms with Crippen LogP contribution in [0.3, 0.4) is 0 Å². The normalized spacial score (nSPS) is 25.2. The number of halogens is 3. The van der Waals surface area contributed by atoms with Crippen molar-refractivity contribution in [3.8, 4) is 11.5 Å². The van der Waals surface area contributed by atoms with Crippen molar-refractivity contribution >= 4 is 17.6 Å². The molecule has 16 heteroatoms. The fourth-order valence-corrected chi connectivity index (χ4v) is 5.32. The van der Waals surface area contributed by atoms with Crippen LogP contribution in [0.5, 0.6) is 11.5 Å². The van der Waals surface area contributed by atoms with Gasteiger partial charge in [0.1, 0.15) is 24.9 Å². The van der Waals surface area contributed by atoms with Gasteiger partial charge in [-0.05, 0) is 55.5 Å². The molecule has 0 spiro atoms. The van der Waals surface area contributed by atoms with Gasteiger partial charge in [0.15, 0.2) is 30.5 Å². The van der Waals surface area contributed by atoms with Gasteiger partial charge in [-0.15, -0.1) is 0 Å². The summed E-state index contributed by atoms with van der Waals surface area (Å²) in [6.07, 6.45) is -12.3. The van der Waals surface area contributed by atoms with Crippen LogP contribution in [0.1, 0.15) is 40.3 Å². The first-order valence-corrected chi connectivity index (χ1v) is 14.7. The number of hydrogen-bond acceptors (Lipinski definition) is 11. The fourth-order valence-electron chi connectivity index (χ4n) is 5.32. The maximum absolute atomic E-state index is 12.7. The summed E-state index contributed by atoms with van der Waals surface area (Å²) < 4.78 is 91.9. The van der Waals surface area contributed by atoms with Crippen molar-refractivity contribution in [2.24, 2.45) is 5.73 Å². The number of primary amides is 1. The summed E-state index contributed by atoms with van der Waals surface area (Å²) in [7, 11) is 0. The van der Waals surface area contributed by atoms with Crippen LogP contribution < -0.4 is 25.4 Å². The van der Waals surface area contributed by atoms with Gasteiger partial charge >= 0.3 is 12.1 Å². The van der Waals surface area contributed by atoms with Gasteiger partial charge in [-0.2, -0.15) is 13.2 Å². The highest BCUT2D eigenvalue weighted by Crippen LogP contribution is 2.34. The molecule has 2 heterocycles. The van der Waals surface area contributed by atoms with E-state index in [9.17, 15) is 43.2 Å². The second-order valence-electron chi connectivity index (χ2n) is 11.1. The number of carboxylic acid groups (broad SMARTS) is 1. The Balaban J connectivity index is 1.37. The second-order valence-corrected chi connectivity index (χ2v) is 11.1. The number of rotatable bonds is 16. The number of aliphatic hydroxyl groups is 3. The molecule has 2 aromatic rings. The van der Waals surface area contributed by atoms with Crippen molar-refractivity contribution in [2.45, 2.75) is 69.1 Å². The number of aliphatic hydroxyl groups excluding tert-OH is 3. The van der Waals surface area contributed by atoms with Crippen LogP contribution in [0.25, 0.3) is 0 Å². The number of fused-ring (bicyclic) bond motifs is 1. The van der Waals surface area contributed by atoms with Gasteiger partial charge in [0.05, 0.1) is 20.6 Å². The van der Waals surface area contributed by atoms with E-state index in [1.165, 1.54) is 12.1 Å². The number of nitrogens with one attached hydrogen (secondary N) is 1. The lowest BCUT2D eigenvalue weighted by atomic mass is 9.98. The van der Waals surface area contributed by atoms with E-state index in [4.69, 9.17) is 30.2 Å². The lowest BCUT2D eigenvalue weighted by Gasteiger charge is -2.38. The van der Waals surface area contributed by atoms with Crippen LogP contribution in [0, 0.1) is 0 Å². The molecular formula is C31H40F3N3O10. The molecule has 1 fully saturated rings. The molecule has 0 radical (unpaired) electrons. The van der Waals surface area contributed by atoms with Gasteiger partial charge in [0.2, 0.25) is 0 Å². The molecule has 47 heavy (non-hydrogen) atoms. The van der Waals surface area contributed by atoms with E-state index in [0.29, 0.717) is 37.2 Å². The molecule has 0 aromatic heterocycles. The molecule has 2 aromatic carbocycles. The molecule has 7 N–H and O–H groups in total. The first kappa shape index (κ1) is 30.7. The number of nitrogens with zero attached hydrogens (tertiary/aromatic N) is 1. The standard InChI is InChI=1S/C31H40F3N3O10/c1-17(36-8-12-44-21-5-2-3-6-22(21)46-16-31(32,33)34)13-18-14-19-7-10-37(23(19)20(15-18)28(35)41)9-4-11-45-30-26(40)24(38)25(39)27(47-30)29(42)43/h2-3,5-6,14-15,17,24-27,30,36,38-40H,4,7-13,16H2,1H3,(H2,35,41)(H,42,43)/t17-,24+,25+,26-,27+,30-/m1/s1/i8D2,12D2. The zero-order valence-corrected chi connectivity index (χ0v) is 25.3. The van der Waals surface area contributed by atoms with Crippen LogP contribution in [-0.4, -0.2) is 115 Å². The maximum Gasteiger partial charge on any atom is 0.422 e. The first-order chi connectivity index (χ1) is 23.7. The van der Waals surface area contributed by atoms with Crippen molar-refractivity contribution < 1.29 is 67.6 Å². The van der Waals surface area contributed by atoms with E-state index in [1.807, 2.05) is 11.0 Å². The summed E-state index contributed by atoms with van der Waals surface area (Å²) in [5.41, 5.74) is 7.87. The van der Waals surface area contributed by atoms with Gasteiger partial charge in [-0.1, -0.05) is 18.2 Å². The first-order valence-electron chi connectivity index (χ1n) is 16.7. The highest BCUT2D eigenvalue weighted by Gasteiger charge is 2.47. The summed E-state index contributed by atoms with van der Waals surface area (Å²) in [6, 6.07) is 7.62. The second kappa shape index (κ2) is 16.0. The Labute approximate surface area is 274 Å². The highest BCUT2D eigenvalue weighted by molar-refractivity contribution is 6.00. The van der Waals surface area contributed by atoms with Gasteiger partial charge in [-0.25, -0.2) is 4.79 Å². The van der Waals surface area contributed by atoms with E-state index < -0.39 is 86.0 Å². The molecule has 1 amide bonds. The van der Waals surface area contributed by atoms with Crippen molar-refractivity contribution in [3.05, 3.63) is 53.1 Å². The van der Waals surface area contributed by atoms with Gasteiger partial charge < -0.3 is 55.3 Å². The largest absolute Gasteiger partial charge is 0.488 e. The quantitative estimate of drug-likeness (QED) is 0.139. The minimum absolute atomic E-state index is 0.0404. The van der Waals surface area contributed by atoms with Crippen LogP contribution in [-0.2, 0) is 27.1 Å². The van der Waals surface area contributed by atoms with Crippen LogP contribution >= 0.6 is 0 Å². The third-order valence-corrected chi connectivity index (χ3v) is 7.46. The van der Waals surface area contributed by atoms with Crippen molar-refractivity contribution in [2.75, 3.05) is 44.3 Å². The Morgan fingerprint density at radius 1 is 1.15 bits per heavy atom. The average Bonchev–Trinajstić information content (AvgIpc) is 3.43. The Bertz CT molecular complexity index is 1560. The maximum atomic E-state index is 12.7. The predicted molar refractivity (Wildman–Crippen MR) is 160 cm³/mol. The zero-order valence-electron chi connectivity index (χ0n) is 29.3. The van der Waals surface area contributed by atoms with E-state index in [-0.39, 0.29) is 18.6 Å². The van der Waals surface area contributed by atoms with Gasteiger partial charge in [0.25, 0.3) is 5.91 Å². The monoisotopic (exact) mass is 675 g/mol. The fraction of sp³-hybridized carbons (Fsp3) is 0.548. The highest BCUT2D eigenvalue weighted by atomic mass is 19.4. The molecule has 13 nitrogen and oxygen atoms in total. The lowest BCUT2D eigenvalue weighted by Crippen LogP contribution is -2.60. The number of amides is 1. The molecule has 4 rings (SSSR count).